The lowest BCUT2D eigenvalue weighted by Crippen LogP contribution is -2.45. The zero-order valence-electron chi connectivity index (χ0n) is 13.9. The number of carbonyl (C=O) groups is 1. The van der Waals surface area contributed by atoms with Gasteiger partial charge < -0.3 is 14.7 Å². The second-order valence-corrected chi connectivity index (χ2v) is 6.81. The van der Waals surface area contributed by atoms with Crippen LogP contribution in [0.5, 0.6) is 0 Å². The van der Waals surface area contributed by atoms with Crippen molar-refractivity contribution in [2.45, 2.75) is 57.3 Å². The molecule has 2 fully saturated rings. The van der Waals surface area contributed by atoms with Crippen LogP contribution in [0.3, 0.4) is 0 Å². The van der Waals surface area contributed by atoms with Crippen LogP contribution in [0.1, 0.15) is 54.4 Å². The summed E-state index contributed by atoms with van der Waals surface area (Å²) in [6.07, 6.45) is 5.98. The summed E-state index contributed by atoms with van der Waals surface area (Å²) in [5.41, 5.74) is 1.68. The molecule has 1 aliphatic heterocycles. The predicted octanol–water partition coefficient (Wildman–Crippen LogP) is 2.99. The lowest BCUT2D eigenvalue weighted by atomic mass is 9.80. The Morgan fingerprint density at radius 2 is 2.00 bits per heavy atom. The smallest absolute Gasteiger partial charge is 0.254 e. The zero-order chi connectivity index (χ0) is 16.2. The van der Waals surface area contributed by atoms with Gasteiger partial charge in [-0.05, 0) is 37.3 Å². The lowest BCUT2D eigenvalue weighted by molar-refractivity contribution is 0.0210. The van der Waals surface area contributed by atoms with Gasteiger partial charge in [-0.2, -0.15) is 0 Å². The average molecular weight is 317 g/mol. The molecule has 1 aromatic carbocycles. The number of likely N-dealkylation sites (tertiary alicyclic amines) is 1. The molecule has 3 rings (SSSR count). The minimum absolute atomic E-state index is 0.0953. The Labute approximate surface area is 138 Å². The molecule has 0 unspecified atom stereocenters. The predicted molar refractivity (Wildman–Crippen MR) is 89.2 cm³/mol. The maximum atomic E-state index is 13.1. The Balaban J connectivity index is 1.81. The molecule has 0 radical (unpaired) electrons. The number of nitrogens with zero attached hydrogens (tertiary/aromatic N) is 1. The quantitative estimate of drug-likeness (QED) is 0.929. The fourth-order valence-corrected chi connectivity index (χ4v) is 4.24. The van der Waals surface area contributed by atoms with E-state index in [0.29, 0.717) is 6.61 Å². The van der Waals surface area contributed by atoms with Gasteiger partial charge >= 0.3 is 0 Å². The van der Waals surface area contributed by atoms with Crippen LogP contribution in [0.2, 0.25) is 0 Å². The first-order chi connectivity index (χ1) is 11.2. The Hall–Kier alpha value is -1.39. The summed E-state index contributed by atoms with van der Waals surface area (Å²) < 4.78 is 5.23. The number of methoxy groups -OCH3 is 1. The molecule has 1 aromatic rings. The molecule has 3 atom stereocenters. The number of ether oxygens (including phenoxy) is 1. The summed E-state index contributed by atoms with van der Waals surface area (Å²) in [5.74, 6) is 0.336. The number of amides is 1. The van der Waals surface area contributed by atoms with Crippen LogP contribution in [0.4, 0.5) is 0 Å². The van der Waals surface area contributed by atoms with Crippen molar-refractivity contribution in [2.75, 3.05) is 13.7 Å². The van der Waals surface area contributed by atoms with E-state index in [1.54, 1.807) is 7.11 Å². The van der Waals surface area contributed by atoms with Gasteiger partial charge in [0.2, 0.25) is 0 Å². The minimum atomic E-state index is -0.253. The molecule has 1 N–H and O–H groups in total. The number of hydrogen-bond acceptors (Lipinski definition) is 3. The van der Waals surface area contributed by atoms with Crippen molar-refractivity contribution in [3.8, 4) is 0 Å². The number of aliphatic hydroxyl groups excluding tert-OH is 1. The van der Waals surface area contributed by atoms with Gasteiger partial charge in [0.25, 0.3) is 5.91 Å². The fourth-order valence-electron chi connectivity index (χ4n) is 4.24. The fraction of sp³-hybridized carbons (Fsp3) is 0.632. The highest BCUT2D eigenvalue weighted by Crippen LogP contribution is 2.35. The van der Waals surface area contributed by atoms with Crippen molar-refractivity contribution in [2.24, 2.45) is 5.92 Å². The van der Waals surface area contributed by atoms with E-state index in [0.717, 1.165) is 49.8 Å². The van der Waals surface area contributed by atoms with Gasteiger partial charge in [-0.15, -0.1) is 0 Å². The van der Waals surface area contributed by atoms with E-state index in [9.17, 15) is 9.90 Å². The molecule has 1 heterocycles. The Morgan fingerprint density at radius 3 is 2.78 bits per heavy atom. The van der Waals surface area contributed by atoms with Crippen molar-refractivity contribution in [1.29, 1.82) is 0 Å². The third kappa shape index (κ3) is 3.43. The molecule has 1 saturated carbocycles. The van der Waals surface area contributed by atoms with E-state index >= 15 is 0 Å². The summed E-state index contributed by atoms with van der Waals surface area (Å²) in [7, 11) is 1.65. The highest BCUT2D eigenvalue weighted by Gasteiger charge is 2.39. The van der Waals surface area contributed by atoms with E-state index in [1.807, 2.05) is 29.2 Å². The standard InChI is InChI=1S/C19H27NO3/c1-23-13-14-7-2-3-8-15(14)19(22)20-12-6-10-17(20)16-9-4-5-11-18(16)21/h2-3,7-8,16-18,21H,4-6,9-13H2,1H3/t16-,17+,18+/m0/s1. The zero-order valence-corrected chi connectivity index (χ0v) is 13.9. The van der Waals surface area contributed by atoms with Gasteiger partial charge in [0.15, 0.2) is 0 Å². The van der Waals surface area contributed by atoms with Crippen LogP contribution in [-0.4, -0.2) is 41.7 Å². The average Bonchev–Trinajstić information content (AvgIpc) is 3.05. The molecule has 126 valence electrons. The van der Waals surface area contributed by atoms with Gasteiger partial charge in [0.05, 0.1) is 12.7 Å². The largest absolute Gasteiger partial charge is 0.393 e. The number of carbonyl (C=O) groups excluding carboxylic acids is 1. The van der Waals surface area contributed by atoms with Crippen LogP contribution in [0.25, 0.3) is 0 Å². The van der Waals surface area contributed by atoms with Crippen molar-refractivity contribution in [3.05, 3.63) is 35.4 Å². The molecule has 23 heavy (non-hydrogen) atoms. The molecule has 4 heteroatoms. The molecule has 1 aliphatic carbocycles. The normalized spacial score (nSPS) is 28.1. The van der Waals surface area contributed by atoms with E-state index < -0.39 is 0 Å². The number of rotatable bonds is 4. The first kappa shape index (κ1) is 16.5. The number of benzene rings is 1. The highest BCUT2D eigenvalue weighted by molar-refractivity contribution is 5.96. The molecule has 0 bridgehead atoms. The summed E-state index contributed by atoms with van der Waals surface area (Å²) in [6, 6.07) is 7.89. The van der Waals surface area contributed by atoms with E-state index in [1.165, 1.54) is 6.42 Å². The number of hydrogen-bond donors (Lipinski definition) is 1. The van der Waals surface area contributed by atoms with Crippen molar-refractivity contribution >= 4 is 5.91 Å². The monoisotopic (exact) mass is 317 g/mol. The second-order valence-electron chi connectivity index (χ2n) is 6.81. The minimum Gasteiger partial charge on any atom is -0.393 e. The van der Waals surface area contributed by atoms with E-state index in [4.69, 9.17) is 4.74 Å². The van der Waals surface area contributed by atoms with Crippen LogP contribution < -0.4 is 0 Å². The van der Waals surface area contributed by atoms with Gasteiger partial charge in [-0.1, -0.05) is 31.0 Å². The molecule has 1 saturated heterocycles. The maximum Gasteiger partial charge on any atom is 0.254 e. The summed E-state index contributed by atoms with van der Waals surface area (Å²) in [5, 5.41) is 10.4. The molecular weight excluding hydrogens is 290 g/mol. The Kier molecular flexibility index (Phi) is 5.34. The molecular formula is C19H27NO3. The third-order valence-corrected chi connectivity index (χ3v) is 5.38. The second kappa shape index (κ2) is 7.45. The van der Waals surface area contributed by atoms with E-state index in [2.05, 4.69) is 0 Å². The molecule has 0 spiro atoms. The molecule has 2 aliphatic rings. The molecule has 0 aromatic heterocycles. The van der Waals surface area contributed by atoms with Gasteiger partial charge in [0.1, 0.15) is 0 Å². The SMILES string of the molecule is COCc1ccccc1C(=O)N1CCC[C@@H]1[C@@H]1CCCC[C@H]1O. The van der Waals surface area contributed by atoms with Gasteiger partial charge in [0, 0.05) is 31.2 Å². The first-order valence-electron chi connectivity index (χ1n) is 8.78. The maximum absolute atomic E-state index is 13.1. The topological polar surface area (TPSA) is 49.8 Å². The summed E-state index contributed by atoms with van der Waals surface area (Å²) >= 11 is 0. The summed E-state index contributed by atoms with van der Waals surface area (Å²) in [4.78, 5) is 15.1. The van der Waals surface area contributed by atoms with Crippen LogP contribution in [0, 0.1) is 5.92 Å². The van der Waals surface area contributed by atoms with Crippen molar-refractivity contribution in [3.63, 3.8) is 0 Å². The van der Waals surface area contributed by atoms with Crippen molar-refractivity contribution in [1.82, 2.24) is 4.90 Å². The van der Waals surface area contributed by atoms with Crippen LogP contribution >= 0.6 is 0 Å². The van der Waals surface area contributed by atoms with Gasteiger partial charge in [-0.3, -0.25) is 4.79 Å². The van der Waals surface area contributed by atoms with Crippen LogP contribution in [-0.2, 0) is 11.3 Å². The van der Waals surface area contributed by atoms with Crippen LogP contribution in [0.15, 0.2) is 24.3 Å². The summed E-state index contributed by atoms with van der Waals surface area (Å²) in [6.45, 7) is 1.25. The van der Waals surface area contributed by atoms with Gasteiger partial charge in [-0.25, -0.2) is 0 Å². The van der Waals surface area contributed by atoms with Crippen molar-refractivity contribution < 1.29 is 14.6 Å². The highest BCUT2D eigenvalue weighted by atomic mass is 16.5. The lowest BCUT2D eigenvalue weighted by Gasteiger charge is -2.37. The first-order valence-corrected chi connectivity index (χ1v) is 8.78. The molecule has 4 nitrogen and oxygen atoms in total. The Morgan fingerprint density at radius 1 is 1.22 bits per heavy atom. The third-order valence-electron chi connectivity index (χ3n) is 5.38. The Bertz CT molecular complexity index is 545. The molecule has 1 amide bonds. The number of aliphatic hydroxyl groups is 1. The van der Waals surface area contributed by atoms with E-state index in [-0.39, 0.29) is 24.0 Å².